The first kappa shape index (κ1) is 25.1. The Morgan fingerprint density at radius 2 is 1.68 bits per heavy atom. The average Bonchev–Trinajstić information content (AvgIpc) is 2.90. The highest BCUT2D eigenvalue weighted by Gasteiger charge is 2.45. The highest BCUT2D eigenvalue weighted by molar-refractivity contribution is 6.10. The lowest BCUT2D eigenvalue weighted by Crippen LogP contribution is -2.58. The molecule has 2 aliphatic carbocycles. The van der Waals surface area contributed by atoms with E-state index in [2.05, 4.69) is 15.0 Å². The van der Waals surface area contributed by atoms with Crippen molar-refractivity contribution in [1.82, 2.24) is 14.5 Å². The number of benzene rings is 1. The normalized spacial score (nSPS) is 31.5. The Hall–Kier alpha value is -3.25. The summed E-state index contributed by atoms with van der Waals surface area (Å²) in [4.78, 5) is 36.9. The zero-order valence-electron chi connectivity index (χ0n) is 21.7. The molecule has 1 aromatic heterocycles. The molecule has 0 unspecified atom stereocenters. The Morgan fingerprint density at radius 1 is 1.00 bits per heavy atom. The van der Waals surface area contributed by atoms with Crippen molar-refractivity contribution in [2.45, 2.75) is 94.8 Å². The minimum atomic E-state index is -1.21. The number of fused-ring (bicyclic) bond motifs is 5. The van der Waals surface area contributed by atoms with Crippen LogP contribution in [0.15, 0.2) is 34.2 Å². The lowest BCUT2D eigenvalue weighted by atomic mass is 9.68. The molecule has 9 nitrogen and oxygen atoms in total. The molecule has 1 aromatic carbocycles. The first-order valence-electron chi connectivity index (χ1n) is 14.1. The van der Waals surface area contributed by atoms with Gasteiger partial charge in [-0.1, -0.05) is 43.0 Å². The van der Waals surface area contributed by atoms with Crippen LogP contribution < -0.4 is 5.56 Å². The van der Waals surface area contributed by atoms with Gasteiger partial charge in [-0.15, -0.1) is 0 Å². The van der Waals surface area contributed by atoms with Crippen LogP contribution in [-0.4, -0.2) is 56.0 Å². The van der Waals surface area contributed by atoms with Crippen molar-refractivity contribution in [3.63, 3.8) is 0 Å². The molecule has 0 spiro atoms. The van der Waals surface area contributed by atoms with Crippen LogP contribution in [0.3, 0.4) is 0 Å². The van der Waals surface area contributed by atoms with Crippen LogP contribution in [0.4, 0.5) is 0 Å². The molecular formula is C29H35N5O4. The lowest BCUT2D eigenvalue weighted by molar-refractivity contribution is -0.142. The zero-order chi connectivity index (χ0) is 26.2. The second kappa shape index (κ2) is 10.5. The van der Waals surface area contributed by atoms with E-state index in [1.165, 1.54) is 44.9 Å². The Balaban J connectivity index is 1.34. The van der Waals surface area contributed by atoms with Crippen LogP contribution in [0.25, 0.3) is 11.0 Å². The highest BCUT2D eigenvalue weighted by Crippen LogP contribution is 2.47. The Morgan fingerprint density at radius 3 is 2.37 bits per heavy atom. The van der Waals surface area contributed by atoms with Gasteiger partial charge >= 0.3 is 5.97 Å². The molecule has 2 aliphatic heterocycles. The first-order valence-corrected chi connectivity index (χ1v) is 14.1. The minimum Gasteiger partial charge on any atom is -0.479 e. The summed E-state index contributed by atoms with van der Waals surface area (Å²) in [6, 6.07) is 11.0. The van der Waals surface area contributed by atoms with Gasteiger partial charge < -0.3 is 14.5 Å². The predicted octanol–water partition coefficient (Wildman–Crippen LogP) is 4.25. The average molecular weight is 518 g/mol. The summed E-state index contributed by atoms with van der Waals surface area (Å²) in [5.74, 6) is 0.550. The topological polar surface area (TPSA) is 121 Å². The quantitative estimate of drug-likeness (QED) is 0.449. The van der Waals surface area contributed by atoms with Gasteiger partial charge in [0.15, 0.2) is 5.69 Å². The summed E-state index contributed by atoms with van der Waals surface area (Å²) in [6.07, 6.45) is 13.6. The maximum atomic E-state index is 13.9. The van der Waals surface area contributed by atoms with Crippen LogP contribution in [0, 0.1) is 23.2 Å². The van der Waals surface area contributed by atoms with Crippen molar-refractivity contribution in [3.8, 4) is 6.07 Å². The van der Waals surface area contributed by atoms with Gasteiger partial charge in [0, 0.05) is 24.2 Å². The lowest BCUT2D eigenvalue weighted by Gasteiger charge is -2.55. The van der Waals surface area contributed by atoms with E-state index >= 15 is 0 Å². The number of para-hydroxylation sites is 2. The standard InChI is InChI=1S/C29H35N5O4/c30-16-25(32-38-17-27(35)36)28-29(37)34(26-10-2-1-9-24(26)31-28)23-14-20-7-4-8-21(15-23)33(20)22-12-18-5-3-6-19(11-18)13-22/h1-2,9-10,18-23H,3-8,11-15,17H2,(H,35,36)/b32-25+/t18-,19+,20-,21+,22+,23+. The number of carbonyl (C=O) groups is 1. The van der Waals surface area contributed by atoms with E-state index in [1.807, 2.05) is 34.9 Å². The van der Waals surface area contributed by atoms with E-state index < -0.39 is 12.6 Å². The van der Waals surface area contributed by atoms with Crippen molar-refractivity contribution >= 4 is 22.7 Å². The monoisotopic (exact) mass is 517 g/mol. The van der Waals surface area contributed by atoms with Gasteiger partial charge in [-0.2, -0.15) is 5.26 Å². The molecule has 2 saturated heterocycles. The fourth-order valence-electron chi connectivity index (χ4n) is 8.08. The fraction of sp³-hybridized carbons (Fsp3) is 0.621. The van der Waals surface area contributed by atoms with Crippen LogP contribution in [0.1, 0.15) is 82.4 Å². The highest BCUT2D eigenvalue weighted by atomic mass is 16.6. The molecular weight excluding hydrogens is 482 g/mol. The van der Waals surface area contributed by atoms with Crippen molar-refractivity contribution < 1.29 is 14.7 Å². The smallest absolute Gasteiger partial charge is 0.344 e. The van der Waals surface area contributed by atoms with Gasteiger partial charge in [0.1, 0.15) is 6.07 Å². The van der Waals surface area contributed by atoms with Crippen LogP contribution >= 0.6 is 0 Å². The molecule has 3 heterocycles. The third kappa shape index (κ3) is 4.71. The molecule has 2 saturated carbocycles. The number of piperidine rings is 2. The predicted molar refractivity (Wildman–Crippen MR) is 142 cm³/mol. The fourth-order valence-corrected chi connectivity index (χ4v) is 8.08. The maximum absolute atomic E-state index is 13.9. The summed E-state index contributed by atoms with van der Waals surface area (Å²) in [6.45, 7) is -0.697. The van der Waals surface area contributed by atoms with Crippen molar-refractivity contribution in [2.75, 3.05) is 6.61 Å². The van der Waals surface area contributed by atoms with E-state index in [0.29, 0.717) is 23.6 Å². The number of hydrogen-bond donors (Lipinski definition) is 1. The molecule has 1 N–H and O–H groups in total. The first-order chi connectivity index (χ1) is 18.5. The molecule has 9 heteroatoms. The van der Waals surface area contributed by atoms with E-state index in [0.717, 1.165) is 43.0 Å². The molecule has 200 valence electrons. The van der Waals surface area contributed by atoms with Gasteiger partial charge in [0.2, 0.25) is 12.3 Å². The Bertz CT molecular complexity index is 1320. The Labute approximate surface area is 222 Å². The molecule has 6 rings (SSSR count). The second-order valence-electron chi connectivity index (χ2n) is 11.7. The number of rotatable bonds is 6. The third-order valence-corrected chi connectivity index (χ3v) is 9.36. The zero-order valence-corrected chi connectivity index (χ0v) is 21.7. The van der Waals surface area contributed by atoms with E-state index in [9.17, 15) is 14.9 Å². The maximum Gasteiger partial charge on any atom is 0.344 e. The number of carboxylic acids is 1. The number of oxime groups is 1. The van der Waals surface area contributed by atoms with Crippen molar-refractivity contribution in [2.24, 2.45) is 17.0 Å². The number of aromatic nitrogens is 2. The van der Waals surface area contributed by atoms with Crippen LogP contribution in [0.2, 0.25) is 0 Å². The van der Waals surface area contributed by atoms with Gasteiger partial charge in [0.05, 0.1) is 11.0 Å². The molecule has 6 atom stereocenters. The van der Waals surface area contributed by atoms with Crippen molar-refractivity contribution in [3.05, 3.63) is 40.3 Å². The second-order valence-corrected chi connectivity index (χ2v) is 11.7. The number of nitriles is 1. The summed E-state index contributed by atoms with van der Waals surface area (Å²) in [5.41, 5.74) is 0.600. The van der Waals surface area contributed by atoms with Crippen LogP contribution in [0.5, 0.6) is 0 Å². The molecule has 4 aliphatic rings. The van der Waals surface area contributed by atoms with Gasteiger partial charge in [0.25, 0.3) is 5.56 Å². The summed E-state index contributed by atoms with van der Waals surface area (Å²) in [7, 11) is 0. The number of hydrogen-bond acceptors (Lipinski definition) is 7. The van der Waals surface area contributed by atoms with Crippen molar-refractivity contribution in [1.29, 1.82) is 5.26 Å². The van der Waals surface area contributed by atoms with E-state index in [-0.39, 0.29) is 23.0 Å². The SMILES string of the molecule is N#C/C(=N\OCC(=O)O)c1nc2ccccc2n([C@H]2C[C@H]3CCC[C@@H](C2)N3[C@H]2C[C@@H]3CCC[C@@H](C3)C2)c1=O. The van der Waals surface area contributed by atoms with Crippen LogP contribution in [-0.2, 0) is 9.63 Å². The molecule has 38 heavy (non-hydrogen) atoms. The summed E-state index contributed by atoms with van der Waals surface area (Å²) >= 11 is 0. The minimum absolute atomic E-state index is 0.00340. The van der Waals surface area contributed by atoms with E-state index in [1.54, 1.807) is 0 Å². The van der Waals surface area contributed by atoms with Gasteiger partial charge in [-0.25, -0.2) is 9.78 Å². The molecule has 4 fully saturated rings. The Kier molecular flexibility index (Phi) is 6.91. The molecule has 0 radical (unpaired) electrons. The molecule has 4 bridgehead atoms. The number of nitrogens with zero attached hydrogens (tertiary/aromatic N) is 5. The number of carboxylic acid groups (broad SMARTS) is 1. The van der Waals surface area contributed by atoms with Gasteiger partial charge in [-0.05, 0) is 68.9 Å². The molecule has 0 amide bonds. The molecule has 2 aromatic rings. The summed E-state index contributed by atoms with van der Waals surface area (Å²) < 4.78 is 1.83. The number of aliphatic carboxylic acids is 1. The van der Waals surface area contributed by atoms with Gasteiger partial charge in [-0.3, -0.25) is 9.69 Å². The van der Waals surface area contributed by atoms with E-state index in [4.69, 9.17) is 9.94 Å². The summed E-state index contributed by atoms with van der Waals surface area (Å²) in [5, 5.41) is 22.2. The largest absolute Gasteiger partial charge is 0.479 e. The third-order valence-electron chi connectivity index (χ3n) is 9.36.